The van der Waals surface area contributed by atoms with Crippen molar-refractivity contribution in [3.8, 4) is 0 Å². The molecule has 1 N–H and O–H groups in total. The van der Waals surface area contributed by atoms with Gasteiger partial charge in [-0.25, -0.2) is 4.39 Å². The fourth-order valence-electron chi connectivity index (χ4n) is 2.10. The third-order valence-electron chi connectivity index (χ3n) is 3.76. The highest BCUT2D eigenvalue weighted by molar-refractivity contribution is 5.87. The van der Waals surface area contributed by atoms with Crippen LogP contribution in [0.4, 0.5) is 4.39 Å². The second-order valence-corrected chi connectivity index (χ2v) is 4.74. The van der Waals surface area contributed by atoms with Crippen molar-refractivity contribution >= 4 is 5.91 Å². The molecule has 1 aliphatic carbocycles. The largest absolute Gasteiger partial charge is 0.348 e. The molecule has 1 amide bonds. The molecule has 14 heavy (non-hydrogen) atoms. The van der Waals surface area contributed by atoms with Gasteiger partial charge in [0.25, 0.3) is 0 Å². The van der Waals surface area contributed by atoms with Gasteiger partial charge < -0.3 is 5.32 Å². The molecule has 1 aliphatic heterocycles. The summed E-state index contributed by atoms with van der Waals surface area (Å²) in [6.07, 6.45) is 4.72. The molecule has 2 nitrogen and oxygen atoms in total. The van der Waals surface area contributed by atoms with Gasteiger partial charge in [-0.2, -0.15) is 0 Å². The maximum atomic E-state index is 13.0. The quantitative estimate of drug-likeness (QED) is 0.628. The van der Waals surface area contributed by atoms with Gasteiger partial charge in [0.2, 0.25) is 5.91 Å². The number of carbonyl (C=O) groups is 1. The first kappa shape index (κ1) is 9.44. The standard InChI is InChI=1S/C11H14FNO/c1-10(2)9(14)13-8-6-7(12)4-5-11(8,10)3/h4-6,8H,1-3H3,(H,13,14). The van der Waals surface area contributed by atoms with Crippen molar-refractivity contribution in [3.05, 3.63) is 24.1 Å². The Morgan fingerprint density at radius 2 is 2.07 bits per heavy atom. The van der Waals surface area contributed by atoms with Crippen LogP contribution in [-0.4, -0.2) is 11.9 Å². The summed E-state index contributed by atoms with van der Waals surface area (Å²) in [4.78, 5) is 11.7. The summed E-state index contributed by atoms with van der Waals surface area (Å²) in [5, 5.41) is 2.81. The number of halogens is 1. The van der Waals surface area contributed by atoms with E-state index in [0.717, 1.165) is 0 Å². The van der Waals surface area contributed by atoms with E-state index in [9.17, 15) is 9.18 Å². The van der Waals surface area contributed by atoms with E-state index >= 15 is 0 Å². The normalized spacial score (nSPS) is 39.0. The SMILES string of the molecule is CC1(C)C(=O)NC2C=C(F)C=CC21C. The van der Waals surface area contributed by atoms with Crippen LogP contribution in [0.2, 0.25) is 0 Å². The molecule has 1 fully saturated rings. The minimum absolute atomic E-state index is 0.0133. The highest BCUT2D eigenvalue weighted by atomic mass is 19.1. The topological polar surface area (TPSA) is 29.1 Å². The van der Waals surface area contributed by atoms with E-state index in [1.165, 1.54) is 12.2 Å². The summed E-state index contributed by atoms with van der Waals surface area (Å²) in [5.41, 5.74) is -0.801. The third kappa shape index (κ3) is 0.925. The van der Waals surface area contributed by atoms with E-state index in [-0.39, 0.29) is 23.2 Å². The lowest BCUT2D eigenvalue weighted by Gasteiger charge is -2.37. The number of allylic oxidation sites excluding steroid dienone is 2. The Morgan fingerprint density at radius 1 is 1.43 bits per heavy atom. The molecule has 0 saturated carbocycles. The Balaban J connectivity index is 2.49. The van der Waals surface area contributed by atoms with E-state index in [1.807, 2.05) is 20.8 Å². The van der Waals surface area contributed by atoms with E-state index in [2.05, 4.69) is 5.32 Å². The molecule has 0 aromatic rings. The molecule has 0 aromatic heterocycles. The van der Waals surface area contributed by atoms with E-state index in [4.69, 9.17) is 0 Å². The molecule has 2 aliphatic rings. The molecular weight excluding hydrogens is 181 g/mol. The number of hydrogen-bond acceptors (Lipinski definition) is 1. The minimum atomic E-state index is -0.481. The second kappa shape index (κ2) is 2.47. The van der Waals surface area contributed by atoms with Crippen molar-refractivity contribution in [2.24, 2.45) is 10.8 Å². The fraction of sp³-hybridized carbons (Fsp3) is 0.545. The average molecular weight is 195 g/mol. The van der Waals surface area contributed by atoms with Crippen molar-refractivity contribution in [2.75, 3.05) is 0 Å². The summed E-state index contributed by atoms with van der Waals surface area (Å²) < 4.78 is 13.0. The first-order valence-corrected chi connectivity index (χ1v) is 4.75. The zero-order chi connectivity index (χ0) is 10.6. The molecule has 76 valence electrons. The van der Waals surface area contributed by atoms with Gasteiger partial charge in [-0.15, -0.1) is 0 Å². The van der Waals surface area contributed by atoms with Gasteiger partial charge in [0.15, 0.2) is 0 Å². The highest BCUT2D eigenvalue weighted by Gasteiger charge is 2.56. The molecule has 2 unspecified atom stereocenters. The molecule has 3 heteroatoms. The van der Waals surface area contributed by atoms with Crippen LogP contribution in [0.15, 0.2) is 24.1 Å². The van der Waals surface area contributed by atoms with Crippen molar-refractivity contribution in [1.82, 2.24) is 5.32 Å². The fourth-order valence-corrected chi connectivity index (χ4v) is 2.10. The zero-order valence-corrected chi connectivity index (χ0v) is 8.60. The van der Waals surface area contributed by atoms with Gasteiger partial charge in [-0.3, -0.25) is 4.79 Å². The molecule has 1 saturated heterocycles. The van der Waals surface area contributed by atoms with Gasteiger partial charge in [0.1, 0.15) is 5.83 Å². The van der Waals surface area contributed by atoms with Crippen LogP contribution in [0.25, 0.3) is 0 Å². The number of hydrogen-bond donors (Lipinski definition) is 1. The Morgan fingerprint density at radius 3 is 2.71 bits per heavy atom. The second-order valence-electron chi connectivity index (χ2n) is 4.74. The van der Waals surface area contributed by atoms with Crippen LogP contribution in [0.5, 0.6) is 0 Å². The summed E-state index contributed by atoms with van der Waals surface area (Å²) in [5.74, 6) is -0.286. The lowest BCUT2D eigenvalue weighted by atomic mass is 9.64. The van der Waals surface area contributed by atoms with Crippen LogP contribution in [-0.2, 0) is 4.79 Å². The average Bonchev–Trinajstić information content (AvgIpc) is 2.26. The van der Waals surface area contributed by atoms with Crippen LogP contribution >= 0.6 is 0 Å². The number of nitrogens with one attached hydrogen (secondary N) is 1. The van der Waals surface area contributed by atoms with Crippen molar-refractivity contribution in [2.45, 2.75) is 26.8 Å². The maximum absolute atomic E-state index is 13.0. The minimum Gasteiger partial charge on any atom is -0.348 e. The predicted molar refractivity (Wildman–Crippen MR) is 52.1 cm³/mol. The van der Waals surface area contributed by atoms with Crippen LogP contribution < -0.4 is 5.32 Å². The van der Waals surface area contributed by atoms with Crippen molar-refractivity contribution in [1.29, 1.82) is 0 Å². The van der Waals surface area contributed by atoms with Gasteiger partial charge in [-0.1, -0.05) is 26.8 Å². The van der Waals surface area contributed by atoms with E-state index in [0.29, 0.717) is 0 Å². The third-order valence-corrected chi connectivity index (χ3v) is 3.76. The van der Waals surface area contributed by atoms with Crippen molar-refractivity contribution in [3.63, 3.8) is 0 Å². The molecular formula is C11H14FNO. The number of amides is 1. The lowest BCUT2D eigenvalue weighted by Crippen LogP contribution is -2.39. The summed E-state index contributed by atoms with van der Waals surface area (Å²) >= 11 is 0. The first-order valence-electron chi connectivity index (χ1n) is 4.75. The molecule has 0 spiro atoms. The summed E-state index contributed by atoms with van der Waals surface area (Å²) in [7, 11) is 0. The number of fused-ring (bicyclic) bond motifs is 1. The zero-order valence-electron chi connectivity index (χ0n) is 8.60. The molecule has 2 atom stereocenters. The molecule has 1 heterocycles. The lowest BCUT2D eigenvalue weighted by molar-refractivity contribution is -0.128. The van der Waals surface area contributed by atoms with Crippen LogP contribution in [0.1, 0.15) is 20.8 Å². The maximum Gasteiger partial charge on any atom is 0.227 e. The number of rotatable bonds is 0. The highest BCUT2D eigenvalue weighted by Crippen LogP contribution is 2.50. The molecule has 0 bridgehead atoms. The molecule has 0 aromatic carbocycles. The van der Waals surface area contributed by atoms with Gasteiger partial charge >= 0.3 is 0 Å². The Hall–Kier alpha value is -1.12. The van der Waals surface area contributed by atoms with Crippen LogP contribution in [0, 0.1) is 10.8 Å². The van der Waals surface area contributed by atoms with E-state index in [1.54, 1.807) is 6.08 Å². The van der Waals surface area contributed by atoms with Crippen LogP contribution in [0.3, 0.4) is 0 Å². The van der Waals surface area contributed by atoms with E-state index < -0.39 is 5.41 Å². The van der Waals surface area contributed by atoms with Gasteiger partial charge in [0.05, 0.1) is 11.5 Å². The van der Waals surface area contributed by atoms with Crippen molar-refractivity contribution < 1.29 is 9.18 Å². The Kier molecular flexibility index (Phi) is 1.66. The Bertz CT molecular complexity index is 356. The van der Waals surface area contributed by atoms with Gasteiger partial charge in [0, 0.05) is 5.41 Å². The smallest absolute Gasteiger partial charge is 0.227 e. The summed E-state index contributed by atoms with van der Waals surface area (Å²) in [6, 6.07) is -0.213. The monoisotopic (exact) mass is 195 g/mol. The summed E-state index contributed by atoms with van der Waals surface area (Å²) in [6.45, 7) is 5.77. The first-order chi connectivity index (χ1) is 6.38. The molecule has 2 rings (SSSR count). The predicted octanol–water partition coefficient (Wildman–Crippen LogP) is 1.94. The Labute approximate surface area is 82.9 Å². The molecule has 0 radical (unpaired) electrons. The van der Waals surface area contributed by atoms with Gasteiger partial charge in [-0.05, 0) is 12.2 Å². The number of carbonyl (C=O) groups excluding carboxylic acids is 1.